The fourth-order valence-electron chi connectivity index (χ4n) is 3.41. The van der Waals surface area contributed by atoms with Crippen LogP contribution in [0.3, 0.4) is 0 Å². The third kappa shape index (κ3) is 3.49. The minimum absolute atomic E-state index is 0.169. The molecule has 0 bridgehead atoms. The number of fused-ring (bicyclic) bond motifs is 1. The van der Waals surface area contributed by atoms with Gasteiger partial charge in [0.05, 0.1) is 16.8 Å². The molecule has 146 valence electrons. The maximum Gasteiger partial charge on any atom is 0.260 e. The zero-order valence-electron chi connectivity index (χ0n) is 15.9. The molecule has 4 aromatic heterocycles. The molecule has 0 saturated carbocycles. The van der Waals surface area contributed by atoms with Gasteiger partial charge in [-0.3, -0.25) is 14.8 Å². The molecule has 0 atom stereocenters. The lowest BCUT2D eigenvalue weighted by Gasteiger charge is -2.14. The highest BCUT2D eigenvalue weighted by atomic mass is 32.1. The minimum Gasteiger partial charge on any atom is -0.486 e. The van der Waals surface area contributed by atoms with E-state index in [1.54, 1.807) is 18.6 Å². The SMILES string of the molecule is O=c1[nH]c2ccc(-c3ccncc3)cc2c(OCc2ccccn2)c1-c1cccs1. The van der Waals surface area contributed by atoms with Gasteiger partial charge in [0.25, 0.3) is 5.56 Å². The standard InChI is InChI=1S/C24H17N3O2S/c28-24-22(21-5-3-13-30-21)23(29-15-18-4-1-2-10-26-18)19-14-17(6-7-20(19)27-24)16-8-11-25-12-9-16/h1-14H,15H2,(H,27,28). The zero-order valence-corrected chi connectivity index (χ0v) is 16.7. The molecule has 5 nitrogen and oxygen atoms in total. The molecule has 6 heteroatoms. The van der Waals surface area contributed by atoms with Crippen LogP contribution >= 0.6 is 11.3 Å². The summed E-state index contributed by atoms with van der Waals surface area (Å²) in [4.78, 5) is 25.3. The lowest BCUT2D eigenvalue weighted by molar-refractivity contribution is 0.306. The Bertz CT molecular complexity index is 1350. The largest absolute Gasteiger partial charge is 0.486 e. The van der Waals surface area contributed by atoms with Gasteiger partial charge in [0.2, 0.25) is 0 Å². The Hall–Kier alpha value is -3.77. The summed E-state index contributed by atoms with van der Waals surface area (Å²) in [7, 11) is 0. The predicted octanol–water partition coefficient (Wildman–Crippen LogP) is 5.29. The first-order valence-electron chi connectivity index (χ1n) is 9.46. The molecule has 0 fully saturated rings. The highest BCUT2D eigenvalue weighted by molar-refractivity contribution is 7.13. The number of nitrogens with one attached hydrogen (secondary N) is 1. The summed E-state index contributed by atoms with van der Waals surface area (Å²) in [6, 6.07) is 19.4. The van der Waals surface area contributed by atoms with Crippen molar-refractivity contribution < 1.29 is 4.74 Å². The van der Waals surface area contributed by atoms with E-state index < -0.39 is 0 Å². The summed E-state index contributed by atoms with van der Waals surface area (Å²) < 4.78 is 6.24. The van der Waals surface area contributed by atoms with Crippen molar-refractivity contribution in [2.45, 2.75) is 6.61 Å². The van der Waals surface area contributed by atoms with Gasteiger partial charge in [-0.2, -0.15) is 0 Å². The molecule has 0 spiro atoms. The van der Waals surface area contributed by atoms with Crippen molar-refractivity contribution in [3.05, 3.63) is 101 Å². The lowest BCUT2D eigenvalue weighted by Crippen LogP contribution is -2.12. The number of pyridine rings is 3. The summed E-state index contributed by atoms with van der Waals surface area (Å²) in [5, 5.41) is 2.80. The Morgan fingerprint density at radius 1 is 0.933 bits per heavy atom. The molecule has 0 aliphatic heterocycles. The number of rotatable bonds is 5. The maximum absolute atomic E-state index is 13.0. The maximum atomic E-state index is 13.0. The van der Waals surface area contributed by atoms with Crippen LogP contribution in [0.2, 0.25) is 0 Å². The van der Waals surface area contributed by atoms with Crippen molar-refractivity contribution in [2.75, 3.05) is 0 Å². The number of H-pyrrole nitrogens is 1. The second-order valence-corrected chi connectivity index (χ2v) is 7.69. The molecule has 0 aliphatic rings. The molecule has 5 aromatic rings. The Labute approximate surface area is 176 Å². The van der Waals surface area contributed by atoms with Gasteiger partial charge in [0.15, 0.2) is 0 Å². The van der Waals surface area contributed by atoms with E-state index >= 15 is 0 Å². The van der Waals surface area contributed by atoms with E-state index in [0.29, 0.717) is 11.3 Å². The summed E-state index contributed by atoms with van der Waals surface area (Å²) in [6.45, 7) is 0.275. The van der Waals surface area contributed by atoms with E-state index in [9.17, 15) is 4.79 Å². The second kappa shape index (κ2) is 7.93. The van der Waals surface area contributed by atoms with Gasteiger partial charge in [-0.25, -0.2) is 0 Å². The molecule has 0 radical (unpaired) electrons. The Morgan fingerprint density at radius 3 is 2.60 bits per heavy atom. The molecule has 30 heavy (non-hydrogen) atoms. The Morgan fingerprint density at radius 2 is 1.83 bits per heavy atom. The van der Waals surface area contributed by atoms with Gasteiger partial charge in [-0.15, -0.1) is 11.3 Å². The molecular formula is C24H17N3O2S. The van der Waals surface area contributed by atoms with Crippen LogP contribution < -0.4 is 10.3 Å². The molecule has 5 rings (SSSR count). The monoisotopic (exact) mass is 411 g/mol. The molecule has 0 aliphatic carbocycles. The molecule has 1 aromatic carbocycles. The average Bonchev–Trinajstić information content (AvgIpc) is 3.32. The van der Waals surface area contributed by atoms with Crippen LogP contribution in [0.15, 0.2) is 89.4 Å². The Balaban J connectivity index is 1.70. The smallest absolute Gasteiger partial charge is 0.260 e. The van der Waals surface area contributed by atoms with Crippen LogP contribution in [0.4, 0.5) is 0 Å². The molecular weight excluding hydrogens is 394 g/mol. The van der Waals surface area contributed by atoms with E-state index in [-0.39, 0.29) is 12.2 Å². The van der Waals surface area contributed by atoms with Crippen LogP contribution in [0.5, 0.6) is 5.75 Å². The molecule has 0 saturated heterocycles. The fraction of sp³-hybridized carbons (Fsp3) is 0.0417. The van der Waals surface area contributed by atoms with E-state index in [0.717, 1.165) is 32.6 Å². The summed E-state index contributed by atoms with van der Waals surface area (Å²) in [5.74, 6) is 0.567. The first-order valence-corrected chi connectivity index (χ1v) is 10.3. The van der Waals surface area contributed by atoms with Crippen molar-refractivity contribution in [2.24, 2.45) is 0 Å². The van der Waals surface area contributed by atoms with Crippen LogP contribution in [0.1, 0.15) is 5.69 Å². The van der Waals surface area contributed by atoms with E-state index in [1.807, 2.05) is 66.0 Å². The normalized spacial score (nSPS) is 10.9. The topological polar surface area (TPSA) is 67.9 Å². The molecule has 1 N–H and O–H groups in total. The molecule has 0 amide bonds. The van der Waals surface area contributed by atoms with Gasteiger partial charge >= 0.3 is 0 Å². The van der Waals surface area contributed by atoms with Crippen LogP contribution in [-0.2, 0) is 6.61 Å². The number of ether oxygens (including phenoxy) is 1. The first-order chi connectivity index (χ1) is 14.8. The van der Waals surface area contributed by atoms with Gasteiger partial charge in [0, 0.05) is 28.9 Å². The van der Waals surface area contributed by atoms with Crippen LogP contribution in [0, 0.1) is 0 Å². The summed E-state index contributed by atoms with van der Waals surface area (Å²) in [6.07, 6.45) is 5.26. The van der Waals surface area contributed by atoms with Crippen molar-refractivity contribution in [1.82, 2.24) is 15.0 Å². The average molecular weight is 411 g/mol. The quantitative estimate of drug-likeness (QED) is 0.427. The lowest BCUT2D eigenvalue weighted by atomic mass is 10.0. The highest BCUT2D eigenvalue weighted by Gasteiger charge is 2.18. The zero-order chi connectivity index (χ0) is 20.3. The van der Waals surface area contributed by atoms with Crippen molar-refractivity contribution in [1.29, 1.82) is 0 Å². The number of aromatic nitrogens is 3. The number of hydrogen-bond donors (Lipinski definition) is 1. The number of nitrogens with zero attached hydrogens (tertiary/aromatic N) is 2. The third-order valence-corrected chi connectivity index (χ3v) is 5.73. The van der Waals surface area contributed by atoms with Crippen molar-refractivity contribution >= 4 is 22.2 Å². The Kier molecular flexibility index (Phi) is 4.83. The van der Waals surface area contributed by atoms with Crippen LogP contribution in [-0.4, -0.2) is 15.0 Å². The highest BCUT2D eigenvalue weighted by Crippen LogP contribution is 2.37. The molecule has 4 heterocycles. The van der Waals surface area contributed by atoms with E-state index in [2.05, 4.69) is 15.0 Å². The third-order valence-electron chi connectivity index (χ3n) is 4.84. The van der Waals surface area contributed by atoms with Gasteiger partial charge in [-0.1, -0.05) is 18.2 Å². The number of thiophene rings is 1. The van der Waals surface area contributed by atoms with Gasteiger partial charge in [-0.05, 0) is 59.0 Å². The minimum atomic E-state index is -0.169. The number of aromatic amines is 1. The predicted molar refractivity (Wildman–Crippen MR) is 120 cm³/mol. The van der Waals surface area contributed by atoms with Gasteiger partial charge in [0.1, 0.15) is 12.4 Å². The fourth-order valence-corrected chi connectivity index (χ4v) is 4.18. The molecule has 0 unspecified atom stereocenters. The van der Waals surface area contributed by atoms with Crippen molar-refractivity contribution in [3.8, 4) is 27.3 Å². The summed E-state index contributed by atoms with van der Waals surface area (Å²) in [5.41, 5.74) is 3.98. The first kappa shape index (κ1) is 18.3. The number of hydrogen-bond acceptors (Lipinski definition) is 5. The summed E-state index contributed by atoms with van der Waals surface area (Å²) >= 11 is 1.51. The van der Waals surface area contributed by atoms with Crippen LogP contribution in [0.25, 0.3) is 32.5 Å². The van der Waals surface area contributed by atoms with Gasteiger partial charge < -0.3 is 9.72 Å². The second-order valence-electron chi connectivity index (χ2n) is 6.74. The van der Waals surface area contributed by atoms with E-state index in [4.69, 9.17) is 4.74 Å². The van der Waals surface area contributed by atoms with E-state index in [1.165, 1.54) is 11.3 Å². The number of benzene rings is 1. The van der Waals surface area contributed by atoms with Crippen molar-refractivity contribution in [3.63, 3.8) is 0 Å².